The van der Waals surface area contributed by atoms with Crippen LogP contribution in [-0.4, -0.2) is 23.9 Å². The Kier molecular flexibility index (Phi) is 3.83. The summed E-state index contributed by atoms with van der Waals surface area (Å²) < 4.78 is 0. The highest BCUT2D eigenvalue weighted by molar-refractivity contribution is 5.79. The normalized spacial score (nSPS) is 18.9. The largest absolute Gasteiger partial charge is 0.356 e. The fourth-order valence-electron chi connectivity index (χ4n) is 2.89. The summed E-state index contributed by atoms with van der Waals surface area (Å²) in [4.78, 5) is 14.1. The third-order valence-electron chi connectivity index (χ3n) is 4.33. The molecule has 0 spiro atoms. The van der Waals surface area contributed by atoms with E-state index >= 15 is 0 Å². The highest BCUT2D eigenvalue weighted by Crippen LogP contribution is 2.26. The van der Waals surface area contributed by atoms with Gasteiger partial charge in [-0.1, -0.05) is 30.7 Å². The number of amides is 1. The van der Waals surface area contributed by atoms with Gasteiger partial charge in [0, 0.05) is 32.1 Å². The zero-order valence-corrected chi connectivity index (χ0v) is 11.4. The first-order valence-electron chi connectivity index (χ1n) is 7.40. The Hall–Kier alpha value is -1.35. The fraction of sp³-hybridized carbons (Fsp3) is 0.562. The Bertz CT molecular complexity index is 429. The highest BCUT2D eigenvalue weighted by atomic mass is 16.1. The van der Waals surface area contributed by atoms with E-state index in [4.69, 9.17) is 0 Å². The fourth-order valence-corrected chi connectivity index (χ4v) is 2.89. The number of carbonyl (C=O) groups is 1. The maximum Gasteiger partial charge on any atom is 0.223 e. The van der Waals surface area contributed by atoms with Gasteiger partial charge < -0.3 is 5.32 Å². The van der Waals surface area contributed by atoms with Crippen LogP contribution < -0.4 is 5.32 Å². The molecule has 0 bridgehead atoms. The van der Waals surface area contributed by atoms with E-state index in [-0.39, 0.29) is 5.91 Å². The van der Waals surface area contributed by atoms with Crippen molar-refractivity contribution in [1.82, 2.24) is 10.2 Å². The highest BCUT2D eigenvalue weighted by Gasteiger charge is 2.24. The van der Waals surface area contributed by atoms with Gasteiger partial charge in [0.15, 0.2) is 0 Å². The third kappa shape index (κ3) is 2.98. The van der Waals surface area contributed by atoms with E-state index in [0.29, 0.717) is 5.92 Å². The summed E-state index contributed by atoms with van der Waals surface area (Å²) in [5, 5.41) is 3.06. The molecule has 0 aromatic heterocycles. The van der Waals surface area contributed by atoms with E-state index in [0.717, 1.165) is 45.4 Å². The molecule has 19 heavy (non-hydrogen) atoms. The second-order valence-corrected chi connectivity index (χ2v) is 5.75. The number of fused-ring (bicyclic) bond motifs is 1. The van der Waals surface area contributed by atoms with Crippen LogP contribution in [0.3, 0.4) is 0 Å². The molecule has 1 aliphatic heterocycles. The molecule has 1 amide bonds. The third-order valence-corrected chi connectivity index (χ3v) is 4.33. The van der Waals surface area contributed by atoms with Gasteiger partial charge in [-0.3, -0.25) is 9.69 Å². The second-order valence-electron chi connectivity index (χ2n) is 5.75. The van der Waals surface area contributed by atoms with E-state index in [9.17, 15) is 4.79 Å². The first-order chi connectivity index (χ1) is 9.33. The van der Waals surface area contributed by atoms with Gasteiger partial charge in [0.1, 0.15) is 0 Å². The van der Waals surface area contributed by atoms with E-state index < -0.39 is 0 Å². The Morgan fingerprint density at radius 1 is 1.21 bits per heavy atom. The van der Waals surface area contributed by atoms with E-state index in [1.807, 2.05) is 0 Å². The Morgan fingerprint density at radius 2 is 1.89 bits per heavy atom. The minimum Gasteiger partial charge on any atom is -0.356 e. The first kappa shape index (κ1) is 12.7. The molecular formula is C16H22N2O. The molecule has 0 saturated heterocycles. The molecule has 102 valence electrons. The smallest absolute Gasteiger partial charge is 0.223 e. The lowest BCUT2D eigenvalue weighted by Crippen LogP contribution is -2.35. The standard InChI is InChI=1S/C16H22N2O/c19-16(13-7-3-8-13)17-9-4-10-18-11-14-5-1-2-6-15(14)12-18/h1-2,5-6,13H,3-4,7-12H2,(H,17,19). The van der Waals surface area contributed by atoms with Crippen LogP contribution in [0.15, 0.2) is 24.3 Å². The number of rotatable bonds is 5. The van der Waals surface area contributed by atoms with Crippen LogP contribution in [0.5, 0.6) is 0 Å². The minimum atomic E-state index is 0.274. The summed E-state index contributed by atoms with van der Waals surface area (Å²) in [6.07, 6.45) is 4.46. The SMILES string of the molecule is O=C(NCCCN1Cc2ccccc2C1)C1CCC1. The van der Waals surface area contributed by atoms with Crippen molar-refractivity contribution in [1.29, 1.82) is 0 Å². The number of nitrogens with one attached hydrogen (secondary N) is 1. The van der Waals surface area contributed by atoms with Crippen molar-refractivity contribution < 1.29 is 4.79 Å². The summed E-state index contributed by atoms with van der Waals surface area (Å²) in [6.45, 7) is 4.02. The molecule has 1 aliphatic carbocycles. The van der Waals surface area contributed by atoms with Crippen molar-refractivity contribution in [2.24, 2.45) is 5.92 Å². The molecule has 1 N–H and O–H groups in total. The molecule has 0 atom stereocenters. The summed E-state index contributed by atoms with van der Waals surface area (Å²) in [5.74, 6) is 0.590. The molecule has 1 heterocycles. The van der Waals surface area contributed by atoms with Crippen LogP contribution in [0.2, 0.25) is 0 Å². The molecule has 1 fully saturated rings. The summed E-state index contributed by atoms with van der Waals surface area (Å²) in [6, 6.07) is 8.66. The van der Waals surface area contributed by atoms with E-state index in [2.05, 4.69) is 34.5 Å². The number of nitrogens with zero attached hydrogens (tertiary/aromatic N) is 1. The van der Waals surface area contributed by atoms with Gasteiger partial charge in [-0.15, -0.1) is 0 Å². The van der Waals surface area contributed by atoms with E-state index in [1.165, 1.54) is 17.5 Å². The van der Waals surface area contributed by atoms with Crippen molar-refractivity contribution in [3.05, 3.63) is 35.4 Å². The average Bonchev–Trinajstić information content (AvgIpc) is 2.75. The Morgan fingerprint density at radius 3 is 2.47 bits per heavy atom. The van der Waals surface area contributed by atoms with Gasteiger partial charge in [0.2, 0.25) is 5.91 Å². The van der Waals surface area contributed by atoms with Crippen LogP contribution >= 0.6 is 0 Å². The molecule has 0 unspecified atom stereocenters. The predicted octanol–water partition coefficient (Wildman–Crippen LogP) is 2.31. The minimum absolute atomic E-state index is 0.274. The zero-order chi connectivity index (χ0) is 13.1. The van der Waals surface area contributed by atoms with Crippen LogP contribution in [0.25, 0.3) is 0 Å². The summed E-state index contributed by atoms with van der Waals surface area (Å²) in [7, 11) is 0. The van der Waals surface area contributed by atoms with Crippen LogP contribution in [0, 0.1) is 5.92 Å². The molecule has 3 heteroatoms. The van der Waals surface area contributed by atoms with Crippen molar-refractivity contribution in [3.8, 4) is 0 Å². The first-order valence-corrected chi connectivity index (χ1v) is 7.40. The average molecular weight is 258 g/mol. The van der Waals surface area contributed by atoms with Gasteiger partial charge >= 0.3 is 0 Å². The van der Waals surface area contributed by atoms with Gasteiger partial charge in [0.05, 0.1) is 0 Å². The van der Waals surface area contributed by atoms with Crippen LogP contribution in [0.4, 0.5) is 0 Å². The number of carbonyl (C=O) groups excluding carboxylic acids is 1. The Balaban J connectivity index is 1.34. The van der Waals surface area contributed by atoms with Gasteiger partial charge in [-0.2, -0.15) is 0 Å². The number of hydrogen-bond acceptors (Lipinski definition) is 2. The molecule has 2 aliphatic rings. The van der Waals surface area contributed by atoms with Gasteiger partial charge in [-0.05, 0) is 30.4 Å². The lowest BCUT2D eigenvalue weighted by Gasteiger charge is -2.24. The predicted molar refractivity (Wildman–Crippen MR) is 75.5 cm³/mol. The van der Waals surface area contributed by atoms with E-state index in [1.54, 1.807) is 0 Å². The molecule has 3 rings (SSSR count). The van der Waals surface area contributed by atoms with Crippen molar-refractivity contribution in [2.75, 3.05) is 13.1 Å². The lowest BCUT2D eigenvalue weighted by molar-refractivity contribution is -0.127. The topological polar surface area (TPSA) is 32.3 Å². The van der Waals surface area contributed by atoms with Crippen LogP contribution in [0.1, 0.15) is 36.8 Å². The maximum atomic E-state index is 11.7. The molecule has 1 aromatic rings. The maximum absolute atomic E-state index is 11.7. The summed E-state index contributed by atoms with van der Waals surface area (Å²) >= 11 is 0. The van der Waals surface area contributed by atoms with Crippen molar-refractivity contribution in [3.63, 3.8) is 0 Å². The second kappa shape index (κ2) is 5.74. The van der Waals surface area contributed by atoms with Crippen molar-refractivity contribution in [2.45, 2.75) is 38.8 Å². The monoisotopic (exact) mass is 258 g/mol. The summed E-state index contributed by atoms with van der Waals surface area (Å²) in [5.41, 5.74) is 2.92. The van der Waals surface area contributed by atoms with Crippen LogP contribution in [-0.2, 0) is 17.9 Å². The molecular weight excluding hydrogens is 236 g/mol. The number of benzene rings is 1. The Labute approximate surface area is 115 Å². The quantitative estimate of drug-likeness (QED) is 0.822. The lowest BCUT2D eigenvalue weighted by atomic mass is 9.85. The molecule has 1 aromatic carbocycles. The molecule has 1 saturated carbocycles. The van der Waals surface area contributed by atoms with Crippen molar-refractivity contribution >= 4 is 5.91 Å². The van der Waals surface area contributed by atoms with Gasteiger partial charge in [-0.25, -0.2) is 0 Å². The van der Waals surface area contributed by atoms with Gasteiger partial charge in [0.25, 0.3) is 0 Å². The number of hydrogen-bond donors (Lipinski definition) is 1. The zero-order valence-electron chi connectivity index (χ0n) is 11.4. The molecule has 3 nitrogen and oxygen atoms in total. The molecule has 0 radical (unpaired) electrons.